The maximum atomic E-state index is 11.2. The van der Waals surface area contributed by atoms with E-state index in [0.29, 0.717) is 21.7 Å². The van der Waals surface area contributed by atoms with Gasteiger partial charge >= 0.3 is 5.97 Å². The molecule has 70 valence electrons. The smallest absolute Gasteiger partial charge is 0.350 e. The zero-order valence-electron chi connectivity index (χ0n) is 7.29. The molecular formula is C8H9NO3S. The van der Waals surface area contributed by atoms with Crippen LogP contribution in [0.2, 0.25) is 0 Å². The molecule has 13 heavy (non-hydrogen) atoms. The maximum absolute atomic E-state index is 11.2. The second-order valence-corrected chi connectivity index (χ2v) is 3.33. The van der Waals surface area contributed by atoms with E-state index < -0.39 is 5.97 Å². The first-order valence-electron chi connectivity index (χ1n) is 3.58. The number of thiophene rings is 1. The van der Waals surface area contributed by atoms with Crippen LogP contribution in [0.1, 0.15) is 19.3 Å². The van der Waals surface area contributed by atoms with E-state index in [-0.39, 0.29) is 0 Å². The van der Waals surface area contributed by atoms with Crippen LogP contribution < -0.4 is 5.32 Å². The average Bonchev–Trinajstić information content (AvgIpc) is 2.59. The molecule has 1 heterocycles. The van der Waals surface area contributed by atoms with Gasteiger partial charge in [0.2, 0.25) is 0 Å². The fourth-order valence-corrected chi connectivity index (χ4v) is 1.80. The number of ether oxygens (including phenoxy) is 1. The van der Waals surface area contributed by atoms with Crippen LogP contribution in [-0.4, -0.2) is 26.4 Å². The van der Waals surface area contributed by atoms with E-state index in [4.69, 9.17) is 0 Å². The van der Waals surface area contributed by atoms with Crippen LogP contribution in [0, 0.1) is 0 Å². The van der Waals surface area contributed by atoms with Gasteiger partial charge in [0.1, 0.15) is 4.88 Å². The highest BCUT2D eigenvalue weighted by Gasteiger charge is 2.15. The maximum Gasteiger partial charge on any atom is 0.350 e. The highest BCUT2D eigenvalue weighted by Crippen LogP contribution is 2.26. The number of rotatable bonds is 3. The summed E-state index contributed by atoms with van der Waals surface area (Å²) in [6.07, 6.45) is 0.706. The van der Waals surface area contributed by atoms with Crippen LogP contribution in [0.15, 0.2) is 6.07 Å². The Morgan fingerprint density at radius 2 is 2.38 bits per heavy atom. The van der Waals surface area contributed by atoms with Crippen molar-refractivity contribution in [3.63, 3.8) is 0 Å². The lowest BCUT2D eigenvalue weighted by Gasteiger charge is -1.98. The molecule has 0 spiro atoms. The molecule has 0 atom stereocenters. The molecule has 0 fully saturated rings. The molecule has 0 unspecified atom stereocenters. The zero-order chi connectivity index (χ0) is 9.84. The third-order valence-electron chi connectivity index (χ3n) is 1.51. The number of esters is 1. The molecule has 4 nitrogen and oxygen atoms in total. The van der Waals surface area contributed by atoms with E-state index in [1.54, 1.807) is 13.1 Å². The Hall–Kier alpha value is -1.36. The van der Waals surface area contributed by atoms with E-state index in [2.05, 4.69) is 10.1 Å². The molecule has 0 amide bonds. The summed E-state index contributed by atoms with van der Waals surface area (Å²) in [5.74, 6) is -0.428. The molecule has 0 aliphatic heterocycles. The molecule has 5 heteroatoms. The average molecular weight is 199 g/mol. The number of anilines is 1. The Kier molecular flexibility index (Phi) is 3.02. The minimum Gasteiger partial charge on any atom is -0.465 e. The van der Waals surface area contributed by atoms with Crippen molar-refractivity contribution in [1.82, 2.24) is 0 Å². The van der Waals surface area contributed by atoms with Gasteiger partial charge in [-0.1, -0.05) is 0 Å². The van der Waals surface area contributed by atoms with E-state index in [9.17, 15) is 9.59 Å². The van der Waals surface area contributed by atoms with Gasteiger partial charge < -0.3 is 10.1 Å². The number of nitrogens with one attached hydrogen (secondary N) is 1. The summed E-state index contributed by atoms with van der Waals surface area (Å²) >= 11 is 1.11. The van der Waals surface area contributed by atoms with Crippen molar-refractivity contribution in [3.8, 4) is 0 Å². The van der Waals surface area contributed by atoms with E-state index >= 15 is 0 Å². The van der Waals surface area contributed by atoms with Crippen LogP contribution in [0.5, 0.6) is 0 Å². The Labute approximate surface area is 79.5 Å². The molecule has 1 N–H and O–H groups in total. The summed E-state index contributed by atoms with van der Waals surface area (Å²) in [6.45, 7) is 0. The van der Waals surface area contributed by atoms with Gasteiger partial charge in [0, 0.05) is 7.05 Å². The first kappa shape index (κ1) is 9.73. The van der Waals surface area contributed by atoms with E-state index in [1.165, 1.54) is 7.11 Å². The van der Waals surface area contributed by atoms with Crippen molar-refractivity contribution < 1.29 is 14.3 Å². The fourth-order valence-electron chi connectivity index (χ4n) is 0.898. The largest absolute Gasteiger partial charge is 0.465 e. The molecule has 0 radical (unpaired) electrons. The third kappa shape index (κ3) is 1.86. The summed E-state index contributed by atoms with van der Waals surface area (Å²) in [5, 5.41) is 2.82. The quantitative estimate of drug-likeness (QED) is 0.590. The predicted octanol–water partition coefficient (Wildman–Crippen LogP) is 1.39. The summed E-state index contributed by atoms with van der Waals surface area (Å²) in [5.41, 5.74) is 0.624. The molecule has 0 aromatic carbocycles. The minimum absolute atomic E-state index is 0.423. The number of hydrogen-bond donors (Lipinski definition) is 1. The molecule has 1 rings (SSSR count). The van der Waals surface area contributed by atoms with Gasteiger partial charge in [-0.15, -0.1) is 11.3 Å². The second-order valence-electron chi connectivity index (χ2n) is 2.25. The molecule has 1 aromatic heterocycles. The number of hydrogen-bond acceptors (Lipinski definition) is 5. The van der Waals surface area contributed by atoms with Crippen LogP contribution in [0.25, 0.3) is 0 Å². The minimum atomic E-state index is -0.428. The van der Waals surface area contributed by atoms with E-state index in [0.717, 1.165) is 11.3 Å². The number of carbonyl (C=O) groups is 2. The molecule has 0 saturated carbocycles. The molecule has 1 aromatic rings. The van der Waals surface area contributed by atoms with Gasteiger partial charge in [-0.2, -0.15) is 0 Å². The van der Waals surface area contributed by atoms with Gasteiger partial charge in [0.25, 0.3) is 0 Å². The second kappa shape index (κ2) is 4.04. The van der Waals surface area contributed by atoms with Crippen molar-refractivity contribution in [1.29, 1.82) is 0 Å². The van der Waals surface area contributed by atoms with Crippen LogP contribution in [0.4, 0.5) is 5.69 Å². The number of aldehydes is 1. The van der Waals surface area contributed by atoms with Crippen molar-refractivity contribution in [2.24, 2.45) is 0 Å². The Bertz CT molecular complexity index is 332. The lowest BCUT2D eigenvalue weighted by atomic mass is 10.3. The summed E-state index contributed by atoms with van der Waals surface area (Å²) in [4.78, 5) is 22.5. The fraction of sp³-hybridized carbons (Fsp3) is 0.250. The van der Waals surface area contributed by atoms with Crippen molar-refractivity contribution in [3.05, 3.63) is 15.8 Å². The lowest BCUT2D eigenvalue weighted by molar-refractivity contribution is 0.0607. The first-order valence-corrected chi connectivity index (χ1v) is 4.39. The van der Waals surface area contributed by atoms with Crippen molar-refractivity contribution >= 4 is 29.3 Å². The van der Waals surface area contributed by atoms with Gasteiger partial charge in [0.15, 0.2) is 6.29 Å². The molecule has 0 aliphatic rings. The summed E-state index contributed by atoms with van der Waals surface area (Å²) < 4.78 is 4.55. The SMILES string of the molecule is CNc1cc(C=O)sc1C(=O)OC. The number of carbonyl (C=O) groups excluding carboxylic acids is 2. The highest BCUT2D eigenvalue weighted by atomic mass is 32.1. The van der Waals surface area contributed by atoms with Crippen molar-refractivity contribution in [2.75, 3.05) is 19.5 Å². The monoisotopic (exact) mass is 199 g/mol. The van der Waals surface area contributed by atoms with Gasteiger partial charge in [-0.3, -0.25) is 4.79 Å². The van der Waals surface area contributed by atoms with Gasteiger partial charge in [0.05, 0.1) is 17.7 Å². The normalized spacial score (nSPS) is 9.38. The molecule has 0 bridgehead atoms. The highest BCUT2D eigenvalue weighted by molar-refractivity contribution is 7.16. The van der Waals surface area contributed by atoms with Crippen molar-refractivity contribution in [2.45, 2.75) is 0 Å². The van der Waals surface area contributed by atoms with Crippen LogP contribution in [-0.2, 0) is 4.74 Å². The lowest BCUT2D eigenvalue weighted by Crippen LogP contribution is -2.01. The van der Waals surface area contributed by atoms with Crippen LogP contribution in [0.3, 0.4) is 0 Å². The zero-order valence-corrected chi connectivity index (χ0v) is 8.10. The summed E-state index contributed by atoms with van der Waals surface area (Å²) in [6, 6.07) is 1.62. The Morgan fingerprint density at radius 3 is 2.85 bits per heavy atom. The standard InChI is InChI=1S/C8H9NO3S/c1-9-6-3-5(4-10)13-7(6)8(11)12-2/h3-4,9H,1-2H3. The predicted molar refractivity (Wildman–Crippen MR) is 50.6 cm³/mol. The Balaban J connectivity index is 3.10. The Morgan fingerprint density at radius 1 is 1.69 bits per heavy atom. The van der Waals surface area contributed by atoms with Gasteiger partial charge in [-0.05, 0) is 6.07 Å². The van der Waals surface area contributed by atoms with Gasteiger partial charge in [-0.25, -0.2) is 4.79 Å². The molecule has 0 aliphatic carbocycles. The van der Waals surface area contributed by atoms with E-state index in [1.807, 2.05) is 0 Å². The summed E-state index contributed by atoms with van der Waals surface area (Å²) in [7, 11) is 2.99. The number of methoxy groups -OCH3 is 1. The third-order valence-corrected chi connectivity index (χ3v) is 2.55. The first-order chi connectivity index (χ1) is 6.22. The molecular weight excluding hydrogens is 190 g/mol. The topological polar surface area (TPSA) is 55.4 Å². The van der Waals surface area contributed by atoms with Crippen LogP contribution >= 0.6 is 11.3 Å². The molecule has 0 saturated heterocycles.